The predicted molar refractivity (Wildman–Crippen MR) is 59.2 cm³/mol. The van der Waals surface area contributed by atoms with Crippen molar-refractivity contribution in [1.82, 2.24) is 4.98 Å². The summed E-state index contributed by atoms with van der Waals surface area (Å²) in [6, 6.07) is 4.51. The van der Waals surface area contributed by atoms with Crippen molar-refractivity contribution in [3.8, 4) is 0 Å². The summed E-state index contributed by atoms with van der Waals surface area (Å²) in [5.74, 6) is 1.81. The van der Waals surface area contributed by atoms with Crippen molar-refractivity contribution in [2.75, 3.05) is 17.2 Å². The molecule has 0 aromatic carbocycles. The number of pyridine rings is 1. The average Bonchev–Trinajstić information content (AvgIpc) is 2.50. The van der Waals surface area contributed by atoms with Gasteiger partial charge in [0.1, 0.15) is 5.82 Å². The summed E-state index contributed by atoms with van der Waals surface area (Å²) in [5, 5.41) is 0. The SMILES string of the molecule is CC1CCN(c2ccc(N)cn2)C1C. The zero-order chi connectivity index (χ0) is 10.1. The summed E-state index contributed by atoms with van der Waals surface area (Å²) in [5.41, 5.74) is 6.34. The van der Waals surface area contributed by atoms with E-state index in [9.17, 15) is 0 Å². The molecule has 1 aromatic heterocycles. The van der Waals surface area contributed by atoms with Crippen molar-refractivity contribution in [3.05, 3.63) is 18.3 Å². The molecule has 2 rings (SSSR count). The lowest BCUT2D eigenvalue weighted by molar-refractivity contribution is 0.544. The van der Waals surface area contributed by atoms with Crippen molar-refractivity contribution in [3.63, 3.8) is 0 Å². The molecule has 0 bridgehead atoms. The highest BCUT2D eigenvalue weighted by Crippen LogP contribution is 2.27. The van der Waals surface area contributed by atoms with Gasteiger partial charge in [-0.15, -0.1) is 0 Å². The molecule has 3 heteroatoms. The number of hydrogen-bond acceptors (Lipinski definition) is 3. The number of rotatable bonds is 1. The van der Waals surface area contributed by atoms with E-state index in [0.29, 0.717) is 6.04 Å². The maximum Gasteiger partial charge on any atom is 0.128 e. The van der Waals surface area contributed by atoms with Gasteiger partial charge >= 0.3 is 0 Å². The highest BCUT2D eigenvalue weighted by molar-refractivity contribution is 5.47. The Morgan fingerprint density at radius 1 is 1.43 bits per heavy atom. The predicted octanol–water partition coefficient (Wildman–Crippen LogP) is 1.90. The summed E-state index contributed by atoms with van der Waals surface area (Å²) >= 11 is 0. The molecule has 1 fully saturated rings. The van der Waals surface area contributed by atoms with Gasteiger partial charge in [-0.3, -0.25) is 0 Å². The van der Waals surface area contributed by atoms with Crippen molar-refractivity contribution in [1.29, 1.82) is 0 Å². The Morgan fingerprint density at radius 2 is 2.21 bits per heavy atom. The molecule has 0 radical (unpaired) electrons. The van der Waals surface area contributed by atoms with Gasteiger partial charge in [-0.05, 0) is 31.4 Å². The van der Waals surface area contributed by atoms with Gasteiger partial charge in [-0.1, -0.05) is 6.92 Å². The average molecular weight is 191 g/mol. The molecule has 76 valence electrons. The summed E-state index contributed by atoms with van der Waals surface area (Å²) in [7, 11) is 0. The highest BCUT2D eigenvalue weighted by atomic mass is 15.2. The fourth-order valence-electron chi connectivity index (χ4n) is 1.99. The van der Waals surface area contributed by atoms with Crippen molar-refractivity contribution in [2.45, 2.75) is 26.3 Å². The van der Waals surface area contributed by atoms with Crippen LogP contribution in [0.5, 0.6) is 0 Å². The normalized spacial score (nSPS) is 26.9. The monoisotopic (exact) mass is 191 g/mol. The van der Waals surface area contributed by atoms with Crippen LogP contribution in [0, 0.1) is 5.92 Å². The van der Waals surface area contributed by atoms with Gasteiger partial charge in [0.15, 0.2) is 0 Å². The fourth-order valence-corrected chi connectivity index (χ4v) is 1.99. The minimum atomic E-state index is 0.589. The van der Waals surface area contributed by atoms with Gasteiger partial charge in [-0.25, -0.2) is 4.98 Å². The zero-order valence-corrected chi connectivity index (χ0v) is 8.77. The second kappa shape index (κ2) is 3.48. The van der Waals surface area contributed by atoms with Gasteiger partial charge in [0.2, 0.25) is 0 Å². The molecule has 2 heterocycles. The van der Waals surface area contributed by atoms with E-state index < -0.39 is 0 Å². The molecule has 1 aromatic rings. The van der Waals surface area contributed by atoms with E-state index in [1.54, 1.807) is 6.20 Å². The van der Waals surface area contributed by atoms with Crippen LogP contribution in [-0.2, 0) is 0 Å². The van der Waals surface area contributed by atoms with Crippen LogP contribution in [0.2, 0.25) is 0 Å². The lowest BCUT2D eigenvalue weighted by Gasteiger charge is -2.24. The third-order valence-corrected chi connectivity index (χ3v) is 3.21. The van der Waals surface area contributed by atoms with E-state index >= 15 is 0 Å². The van der Waals surface area contributed by atoms with E-state index in [1.807, 2.05) is 12.1 Å². The van der Waals surface area contributed by atoms with Crippen LogP contribution in [0.15, 0.2) is 18.3 Å². The molecule has 14 heavy (non-hydrogen) atoms. The first-order valence-corrected chi connectivity index (χ1v) is 5.16. The van der Waals surface area contributed by atoms with E-state index in [4.69, 9.17) is 5.73 Å². The van der Waals surface area contributed by atoms with Crippen LogP contribution in [0.4, 0.5) is 11.5 Å². The van der Waals surface area contributed by atoms with Crippen molar-refractivity contribution >= 4 is 11.5 Å². The first-order valence-electron chi connectivity index (χ1n) is 5.16. The van der Waals surface area contributed by atoms with Gasteiger partial charge in [-0.2, -0.15) is 0 Å². The van der Waals surface area contributed by atoms with Crippen LogP contribution in [0.1, 0.15) is 20.3 Å². The molecule has 2 unspecified atom stereocenters. The first-order chi connectivity index (χ1) is 6.68. The minimum absolute atomic E-state index is 0.589. The fraction of sp³-hybridized carbons (Fsp3) is 0.545. The van der Waals surface area contributed by atoms with E-state index in [2.05, 4.69) is 23.7 Å². The number of anilines is 2. The Morgan fingerprint density at radius 3 is 2.71 bits per heavy atom. The Kier molecular flexibility index (Phi) is 2.32. The smallest absolute Gasteiger partial charge is 0.128 e. The van der Waals surface area contributed by atoms with Crippen LogP contribution >= 0.6 is 0 Å². The molecule has 3 nitrogen and oxygen atoms in total. The van der Waals surface area contributed by atoms with Gasteiger partial charge in [0.25, 0.3) is 0 Å². The Hall–Kier alpha value is -1.25. The summed E-state index contributed by atoms with van der Waals surface area (Å²) in [4.78, 5) is 6.70. The first kappa shape index (κ1) is 9.31. The minimum Gasteiger partial charge on any atom is -0.397 e. The molecule has 1 aliphatic rings. The maximum atomic E-state index is 5.61. The number of hydrogen-bond donors (Lipinski definition) is 1. The maximum absolute atomic E-state index is 5.61. The highest BCUT2D eigenvalue weighted by Gasteiger charge is 2.27. The van der Waals surface area contributed by atoms with Gasteiger partial charge in [0.05, 0.1) is 11.9 Å². The Bertz CT molecular complexity index is 307. The van der Waals surface area contributed by atoms with E-state index in [0.717, 1.165) is 24.0 Å². The van der Waals surface area contributed by atoms with Crippen molar-refractivity contribution < 1.29 is 0 Å². The molecule has 1 saturated heterocycles. The Balaban J connectivity index is 2.19. The third-order valence-electron chi connectivity index (χ3n) is 3.21. The molecule has 0 aliphatic carbocycles. The van der Waals surface area contributed by atoms with E-state index in [1.165, 1.54) is 6.42 Å². The summed E-state index contributed by atoms with van der Waals surface area (Å²) in [6.45, 7) is 5.66. The van der Waals surface area contributed by atoms with Crippen molar-refractivity contribution in [2.24, 2.45) is 5.92 Å². The topological polar surface area (TPSA) is 42.1 Å². The zero-order valence-electron chi connectivity index (χ0n) is 8.77. The third kappa shape index (κ3) is 1.54. The molecule has 1 aliphatic heterocycles. The second-order valence-electron chi connectivity index (χ2n) is 4.15. The standard InChI is InChI=1S/C11H17N3/c1-8-5-6-14(9(8)2)11-4-3-10(12)7-13-11/h3-4,7-9H,5-6,12H2,1-2H3. The largest absolute Gasteiger partial charge is 0.397 e. The number of nitrogens with two attached hydrogens (primary N) is 1. The number of nitrogen functional groups attached to an aromatic ring is 1. The van der Waals surface area contributed by atoms with Crippen LogP contribution in [0.25, 0.3) is 0 Å². The summed E-state index contributed by atoms with van der Waals surface area (Å²) in [6.07, 6.45) is 2.98. The number of nitrogens with zero attached hydrogens (tertiary/aromatic N) is 2. The molecule has 0 spiro atoms. The van der Waals surface area contributed by atoms with Crippen LogP contribution in [-0.4, -0.2) is 17.6 Å². The molecular weight excluding hydrogens is 174 g/mol. The lowest BCUT2D eigenvalue weighted by Crippen LogP contribution is -2.29. The Labute approximate surface area is 84.9 Å². The van der Waals surface area contributed by atoms with Crippen LogP contribution in [0.3, 0.4) is 0 Å². The van der Waals surface area contributed by atoms with Crippen LogP contribution < -0.4 is 10.6 Å². The molecule has 0 saturated carbocycles. The molecule has 0 amide bonds. The molecule has 2 atom stereocenters. The molecular formula is C11H17N3. The quantitative estimate of drug-likeness (QED) is 0.737. The van der Waals surface area contributed by atoms with Gasteiger partial charge < -0.3 is 10.6 Å². The second-order valence-corrected chi connectivity index (χ2v) is 4.15. The molecule has 2 N–H and O–H groups in total. The lowest BCUT2D eigenvalue weighted by atomic mass is 10.1. The van der Waals surface area contributed by atoms with E-state index in [-0.39, 0.29) is 0 Å². The number of aromatic nitrogens is 1. The van der Waals surface area contributed by atoms with Gasteiger partial charge in [0, 0.05) is 12.6 Å². The summed E-state index contributed by atoms with van der Waals surface area (Å²) < 4.78 is 0.